The van der Waals surface area contributed by atoms with E-state index in [0.717, 1.165) is 32.4 Å². The molecule has 0 radical (unpaired) electrons. The summed E-state index contributed by atoms with van der Waals surface area (Å²) >= 11 is 0. The molecule has 2 aromatic rings. The van der Waals surface area contributed by atoms with Gasteiger partial charge in [0.2, 0.25) is 0 Å². The van der Waals surface area contributed by atoms with Crippen molar-refractivity contribution in [2.24, 2.45) is 5.41 Å². The Labute approximate surface area is 149 Å². The Balaban J connectivity index is 1.71. The van der Waals surface area contributed by atoms with Gasteiger partial charge in [-0.25, -0.2) is 4.39 Å². The predicted molar refractivity (Wildman–Crippen MR) is 97.1 cm³/mol. The molecular formula is C21H26FNO2. The summed E-state index contributed by atoms with van der Waals surface area (Å²) in [6.07, 6.45) is 2.87. The van der Waals surface area contributed by atoms with Crippen LogP contribution in [0.2, 0.25) is 0 Å². The zero-order valence-electron chi connectivity index (χ0n) is 14.7. The molecule has 1 heterocycles. The summed E-state index contributed by atoms with van der Waals surface area (Å²) in [7, 11) is 1.54. The van der Waals surface area contributed by atoms with Crippen LogP contribution < -0.4 is 4.74 Å². The van der Waals surface area contributed by atoms with E-state index in [9.17, 15) is 9.50 Å². The van der Waals surface area contributed by atoms with Gasteiger partial charge in [0.1, 0.15) is 11.6 Å². The molecule has 2 aromatic carbocycles. The third kappa shape index (κ3) is 4.39. The van der Waals surface area contributed by atoms with Crippen LogP contribution in [0.4, 0.5) is 4.39 Å². The highest BCUT2D eigenvalue weighted by Gasteiger charge is 2.35. The molecule has 0 spiro atoms. The van der Waals surface area contributed by atoms with Crippen LogP contribution in [0.1, 0.15) is 24.0 Å². The number of piperidine rings is 1. The number of rotatable bonds is 6. The molecule has 1 unspecified atom stereocenters. The highest BCUT2D eigenvalue weighted by molar-refractivity contribution is 5.29. The van der Waals surface area contributed by atoms with Gasteiger partial charge in [-0.3, -0.25) is 4.90 Å². The van der Waals surface area contributed by atoms with Gasteiger partial charge in [-0.15, -0.1) is 0 Å². The lowest BCUT2D eigenvalue weighted by atomic mass is 9.75. The van der Waals surface area contributed by atoms with E-state index in [1.165, 1.54) is 18.7 Å². The van der Waals surface area contributed by atoms with Crippen LogP contribution >= 0.6 is 0 Å². The van der Waals surface area contributed by atoms with Gasteiger partial charge in [0.05, 0.1) is 13.7 Å². The quantitative estimate of drug-likeness (QED) is 0.869. The van der Waals surface area contributed by atoms with Crippen molar-refractivity contribution < 1.29 is 14.2 Å². The number of aliphatic hydroxyl groups is 1. The molecule has 4 heteroatoms. The summed E-state index contributed by atoms with van der Waals surface area (Å²) in [5, 5.41) is 10.1. The fraction of sp³-hybridized carbons (Fsp3) is 0.429. The lowest BCUT2D eigenvalue weighted by molar-refractivity contribution is 0.0284. The molecule has 134 valence electrons. The number of hydrogen-bond acceptors (Lipinski definition) is 3. The van der Waals surface area contributed by atoms with Crippen molar-refractivity contribution in [3.63, 3.8) is 0 Å². The third-order valence-corrected chi connectivity index (χ3v) is 5.15. The summed E-state index contributed by atoms with van der Waals surface area (Å²) in [6.45, 7) is 2.43. The highest BCUT2D eigenvalue weighted by atomic mass is 19.1. The van der Waals surface area contributed by atoms with Crippen LogP contribution in [0.25, 0.3) is 0 Å². The van der Waals surface area contributed by atoms with E-state index < -0.39 is 0 Å². The Morgan fingerprint density at radius 2 is 2.00 bits per heavy atom. The molecule has 1 saturated heterocycles. The maximum absolute atomic E-state index is 14.3. The normalized spacial score (nSPS) is 21.2. The fourth-order valence-electron chi connectivity index (χ4n) is 3.83. The Bertz CT molecular complexity index is 692. The molecule has 1 N–H and O–H groups in total. The maximum atomic E-state index is 14.3. The van der Waals surface area contributed by atoms with E-state index in [2.05, 4.69) is 17.0 Å². The van der Waals surface area contributed by atoms with E-state index in [1.54, 1.807) is 12.1 Å². The Kier molecular flexibility index (Phi) is 5.71. The number of benzene rings is 2. The van der Waals surface area contributed by atoms with Gasteiger partial charge < -0.3 is 9.84 Å². The smallest absolute Gasteiger partial charge is 0.131 e. The number of ether oxygens (including phenoxy) is 1. The first kappa shape index (κ1) is 17.9. The monoisotopic (exact) mass is 343 g/mol. The van der Waals surface area contributed by atoms with Crippen LogP contribution in [0.3, 0.4) is 0 Å². The van der Waals surface area contributed by atoms with Crippen LogP contribution in [-0.4, -0.2) is 36.8 Å². The second kappa shape index (κ2) is 7.98. The molecule has 0 bridgehead atoms. The zero-order chi connectivity index (χ0) is 17.7. The van der Waals surface area contributed by atoms with Gasteiger partial charge in [-0.2, -0.15) is 0 Å². The van der Waals surface area contributed by atoms with E-state index >= 15 is 0 Å². The van der Waals surface area contributed by atoms with Gasteiger partial charge in [0.15, 0.2) is 0 Å². The topological polar surface area (TPSA) is 32.7 Å². The maximum Gasteiger partial charge on any atom is 0.131 e. The van der Waals surface area contributed by atoms with Crippen molar-refractivity contribution in [3.05, 3.63) is 65.5 Å². The number of nitrogens with zero attached hydrogens (tertiary/aromatic N) is 1. The predicted octanol–water partition coefficient (Wildman–Crippen LogP) is 3.65. The molecule has 1 aliphatic heterocycles. The Morgan fingerprint density at radius 3 is 2.68 bits per heavy atom. The minimum Gasteiger partial charge on any atom is -0.497 e. The number of likely N-dealkylation sites (tertiary alicyclic amines) is 1. The van der Waals surface area contributed by atoms with Crippen molar-refractivity contribution in [1.82, 2.24) is 4.90 Å². The van der Waals surface area contributed by atoms with E-state index in [1.807, 2.05) is 18.2 Å². The van der Waals surface area contributed by atoms with E-state index in [-0.39, 0.29) is 17.8 Å². The van der Waals surface area contributed by atoms with Gasteiger partial charge in [-0.05, 0) is 37.4 Å². The second-order valence-electron chi connectivity index (χ2n) is 7.09. The third-order valence-electron chi connectivity index (χ3n) is 5.15. The molecule has 3 nitrogen and oxygen atoms in total. The average Bonchev–Trinajstić information content (AvgIpc) is 2.64. The number of aliphatic hydroxyl groups excluding tert-OH is 1. The summed E-state index contributed by atoms with van der Waals surface area (Å²) in [5.74, 6) is 0.302. The summed E-state index contributed by atoms with van der Waals surface area (Å²) in [6, 6.07) is 15.3. The molecule has 1 atom stereocenters. The first-order chi connectivity index (χ1) is 12.1. The fourth-order valence-corrected chi connectivity index (χ4v) is 3.83. The molecular weight excluding hydrogens is 317 g/mol. The minimum absolute atomic E-state index is 0.150. The SMILES string of the molecule is COc1ccc(CN2CCCC(CO)(Cc3ccccc3)C2)c(F)c1. The summed E-state index contributed by atoms with van der Waals surface area (Å²) < 4.78 is 19.3. The van der Waals surface area contributed by atoms with Crippen molar-refractivity contribution in [1.29, 1.82) is 0 Å². The number of halogens is 1. The van der Waals surface area contributed by atoms with Gasteiger partial charge in [-0.1, -0.05) is 36.4 Å². The van der Waals surface area contributed by atoms with Crippen LogP contribution in [0.5, 0.6) is 5.75 Å². The van der Waals surface area contributed by atoms with Crippen molar-refractivity contribution in [3.8, 4) is 5.75 Å². The van der Waals surface area contributed by atoms with Crippen LogP contribution in [0.15, 0.2) is 48.5 Å². The van der Waals surface area contributed by atoms with Gasteiger partial charge in [0.25, 0.3) is 0 Å². The average molecular weight is 343 g/mol. The number of methoxy groups -OCH3 is 1. The van der Waals surface area contributed by atoms with Crippen LogP contribution in [0, 0.1) is 11.2 Å². The summed E-state index contributed by atoms with van der Waals surface area (Å²) in [4.78, 5) is 2.26. The first-order valence-corrected chi connectivity index (χ1v) is 8.84. The van der Waals surface area contributed by atoms with Crippen molar-refractivity contribution in [2.45, 2.75) is 25.8 Å². The zero-order valence-corrected chi connectivity index (χ0v) is 14.7. The minimum atomic E-state index is -0.234. The molecule has 3 rings (SSSR count). The molecule has 0 saturated carbocycles. The van der Waals surface area contributed by atoms with E-state index in [4.69, 9.17) is 4.74 Å². The lowest BCUT2D eigenvalue weighted by Crippen LogP contribution is -2.46. The van der Waals surface area contributed by atoms with Crippen molar-refractivity contribution in [2.75, 3.05) is 26.8 Å². The van der Waals surface area contributed by atoms with Crippen molar-refractivity contribution >= 4 is 0 Å². The largest absolute Gasteiger partial charge is 0.497 e. The summed E-state index contributed by atoms with van der Waals surface area (Å²) in [5.41, 5.74) is 1.77. The lowest BCUT2D eigenvalue weighted by Gasteiger charge is -2.42. The van der Waals surface area contributed by atoms with Gasteiger partial charge >= 0.3 is 0 Å². The molecule has 1 fully saturated rings. The molecule has 0 aliphatic carbocycles. The Hall–Kier alpha value is -1.91. The first-order valence-electron chi connectivity index (χ1n) is 8.84. The highest BCUT2D eigenvalue weighted by Crippen LogP contribution is 2.34. The molecule has 1 aliphatic rings. The molecule has 25 heavy (non-hydrogen) atoms. The number of hydrogen-bond donors (Lipinski definition) is 1. The van der Waals surface area contributed by atoms with Gasteiger partial charge in [0, 0.05) is 30.1 Å². The molecule has 0 aromatic heterocycles. The van der Waals surface area contributed by atoms with E-state index in [0.29, 0.717) is 17.9 Å². The Morgan fingerprint density at radius 1 is 1.20 bits per heavy atom. The molecule has 0 amide bonds. The van der Waals surface area contributed by atoms with Crippen LogP contribution in [-0.2, 0) is 13.0 Å². The second-order valence-corrected chi connectivity index (χ2v) is 7.09. The standard InChI is InChI=1S/C21H26FNO2/c1-25-19-9-8-18(20(22)12-19)14-23-11-5-10-21(15-23,16-24)13-17-6-3-2-4-7-17/h2-4,6-9,12,24H,5,10-11,13-16H2,1H3.